The minimum atomic E-state index is -1.40. The zero-order valence-electron chi connectivity index (χ0n) is 14.0. The van der Waals surface area contributed by atoms with Crippen LogP contribution in [0.1, 0.15) is 31.0 Å². The molecule has 2 aromatic rings. The lowest BCUT2D eigenvalue weighted by atomic mass is 9.87. The minimum Gasteiger partial charge on any atom is -0.394 e. The van der Waals surface area contributed by atoms with Crippen molar-refractivity contribution in [3.05, 3.63) is 65.0 Å². The van der Waals surface area contributed by atoms with Crippen molar-refractivity contribution in [3.63, 3.8) is 0 Å². The molecule has 134 valence electrons. The smallest absolute Gasteiger partial charge is 0.146 e. The fraction of sp³-hybridized carbons (Fsp3) is 0.368. The highest BCUT2D eigenvalue weighted by Gasteiger charge is 2.43. The van der Waals surface area contributed by atoms with Gasteiger partial charge in [-0.3, -0.25) is 0 Å². The number of hydrogen-bond acceptors (Lipinski definition) is 3. The lowest BCUT2D eigenvalue weighted by molar-refractivity contribution is 0.0698. The van der Waals surface area contributed by atoms with Gasteiger partial charge in [0.15, 0.2) is 0 Å². The van der Waals surface area contributed by atoms with Crippen LogP contribution >= 0.6 is 0 Å². The van der Waals surface area contributed by atoms with Gasteiger partial charge >= 0.3 is 0 Å². The van der Waals surface area contributed by atoms with E-state index in [0.717, 1.165) is 23.8 Å². The number of para-hydroxylation sites is 1. The van der Waals surface area contributed by atoms with Gasteiger partial charge < -0.3 is 15.1 Å². The Morgan fingerprint density at radius 3 is 2.52 bits per heavy atom. The Bertz CT molecular complexity index is 794. The molecule has 0 saturated heterocycles. The monoisotopic (exact) mass is 351 g/mol. The van der Waals surface area contributed by atoms with E-state index >= 15 is 0 Å². The van der Waals surface area contributed by atoms with Gasteiger partial charge in [0.2, 0.25) is 0 Å². The molecule has 0 aromatic heterocycles. The molecule has 0 radical (unpaired) electrons. The minimum absolute atomic E-state index is 0.117. The van der Waals surface area contributed by atoms with E-state index in [9.17, 15) is 23.4 Å². The van der Waals surface area contributed by atoms with E-state index in [2.05, 4.69) is 0 Å². The first-order chi connectivity index (χ1) is 11.8. The highest BCUT2D eigenvalue weighted by atomic mass is 19.1. The van der Waals surface area contributed by atoms with E-state index in [0.29, 0.717) is 6.54 Å². The quantitative estimate of drug-likeness (QED) is 0.888. The number of fused-ring (bicyclic) bond motifs is 1. The highest BCUT2D eigenvalue weighted by molar-refractivity contribution is 5.64. The Kier molecular flexibility index (Phi) is 4.51. The molecule has 25 heavy (non-hydrogen) atoms. The topological polar surface area (TPSA) is 43.7 Å². The summed E-state index contributed by atoms with van der Waals surface area (Å²) in [5.74, 6) is -1.89. The van der Waals surface area contributed by atoms with Gasteiger partial charge in [0.05, 0.1) is 18.3 Å². The van der Waals surface area contributed by atoms with Gasteiger partial charge in [-0.25, -0.2) is 13.2 Å². The molecule has 0 unspecified atom stereocenters. The average molecular weight is 351 g/mol. The molecule has 2 aromatic carbocycles. The average Bonchev–Trinajstić information content (AvgIpc) is 2.83. The SMILES string of the molecule is CC1(C)CN([C@@H](c2cc(F)ccc2F)[C@H](O)CO)c2c(F)cccc21. The van der Waals surface area contributed by atoms with Crippen LogP contribution in [0.2, 0.25) is 0 Å². The van der Waals surface area contributed by atoms with Crippen LogP contribution in [0, 0.1) is 17.5 Å². The third-order valence-corrected chi connectivity index (χ3v) is 4.73. The molecule has 0 fully saturated rings. The van der Waals surface area contributed by atoms with Crippen molar-refractivity contribution in [1.29, 1.82) is 0 Å². The summed E-state index contributed by atoms with van der Waals surface area (Å²) in [7, 11) is 0. The van der Waals surface area contributed by atoms with Crippen LogP contribution in [0.15, 0.2) is 36.4 Å². The summed E-state index contributed by atoms with van der Waals surface area (Å²) in [6.07, 6.45) is -1.40. The molecule has 0 amide bonds. The van der Waals surface area contributed by atoms with Crippen LogP contribution < -0.4 is 4.90 Å². The third kappa shape index (κ3) is 3.00. The lowest BCUT2D eigenvalue weighted by Gasteiger charge is -2.35. The fourth-order valence-corrected chi connectivity index (χ4v) is 3.60. The molecule has 0 aliphatic carbocycles. The molecule has 0 spiro atoms. The van der Waals surface area contributed by atoms with E-state index in [1.807, 2.05) is 13.8 Å². The van der Waals surface area contributed by atoms with Crippen molar-refractivity contribution in [2.24, 2.45) is 0 Å². The summed E-state index contributed by atoms with van der Waals surface area (Å²) < 4.78 is 42.6. The second-order valence-electron chi connectivity index (χ2n) is 7.01. The predicted molar refractivity (Wildman–Crippen MR) is 89.0 cm³/mol. The number of halogens is 3. The van der Waals surface area contributed by atoms with Crippen molar-refractivity contribution in [3.8, 4) is 0 Å². The van der Waals surface area contributed by atoms with E-state index < -0.39 is 41.6 Å². The largest absolute Gasteiger partial charge is 0.394 e. The molecule has 1 aliphatic heterocycles. The van der Waals surface area contributed by atoms with Gasteiger partial charge in [0, 0.05) is 17.5 Å². The molecule has 2 atom stereocenters. The van der Waals surface area contributed by atoms with Crippen molar-refractivity contribution in [2.45, 2.75) is 31.4 Å². The molecular weight excluding hydrogens is 331 g/mol. The number of anilines is 1. The van der Waals surface area contributed by atoms with Crippen LogP contribution in [0.5, 0.6) is 0 Å². The number of benzene rings is 2. The fourth-order valence-electron chi connectivity index (χ4n) is 3.60. The first kappa shape index (κ1) is 17.8. The van der Waals surface area contributed by atoms with Gasteiger partial charge in [0.25, 0.3) is 0 Å². The summed E-state index contributed by atoms with van der Waals surface area (Å²) in [5, 5.41) is 19.8. The molecule has 2 N–H and O–H groups in total. The Labute approximate surface area is 144 Å². The number of hydrogen-bond donors (Lipinski definition) is 2. The number of aliphatic hydroxyl groups is 2. The van der Waals surface area contributed by atoms with Crippen LogP contribution in [-0.4, -0.2) is 29.5 Å². The normalized spacial score (nSPS) is 18.1. The summed E-state index contributed by atoms with van der Waals surface area (Å²) in [4.78, 5) is 1.52. The first-order valence-electron chi connectivity index (χ1n) is 8.06. The van der Waals surface area contributed by atoms with Gasteiger partial charge in [-0.05, 0) is 29.8 Å². The number of nitrogens with zero attached hydrogens (tertiary/aromatic N) is 1. The maximum atomic E-state index is 14.6. The van der Waals surface area contributed by atoms with Gasteiger partial charge in [-0.15, -0.1) is 0 Å². The Balaban J connectivity index is 2.18. The maximum Gasteiger partial charge on any atom is 0.146 e. The Morgan fingerprint density at radius 1 is 1.12 bits per heavy atom. The molecular formula is C19H20F3NO2. The summed E-state index contributed by atoms with van der Waals surface area (Å²) in [6, 6.07) is 6.47. The lowest BCUT2D eigenvalue weighted by Crippen LogP contribution is -2.40. The Morgan fingerprint density at radius 2 is 1.84 bits per heavy atom. The van der Waals surface area contributed by atoms with Crippen molar-refractivity contribution >= 4 is 5.69 Å². The second kappa shape index (κ2) is 6.35. The van der Waals surface area contributed by atoms with Gasteiger partial charge in [0.1, 0.15) is 23.6 Å². The van der Waals surface area contributed by atoms with Crippen molar-refractivity contribution in [2.75, 3.05) is 18.1 Å². The number of rotatable bonds is 4. The molecule has 6 heteroatoms. The molecule has 0 bridgehead atoms. The van der Waals surface area contributed by atoms with Crippen LogP contribution in [-0.2, 0) is 5.41 Å². The third-order valence-electron chi connectivity index (χ3n) is 4.73. The van der Waals surface area contributed by atoms with E-state index in [1.165, 1.54) is 11.0 Å². The van der Waals surface area contributed by atoms with Crippen LogP contribution in [0.4, 0.5) is 18.9 Å². The molecule has 3 nitrogen and oxygen atoms in total. The standard InChI is InChI=1S/C19H20F3NO2/c1-19(2)10-23(18-13(19)4-3-5-15(18)22)17(16(25)9-24)12-8-11(20)6-7-14(12)21/h3-8,16-17,24-25H,9-10H2,1-2H3/t16-,17+/m1/s1. The van der Waals surface area contributed by atoms with E-state index in [4.69, 9.17) is 0 Å². The summed E-state index contributed by atoms with van der Waals surface area (Å²) >= 11 is 0. The van der Waals surface area contributed by atoms with E-state index in [1.54, 1.807) is 12.1 Å². The van der Waals surface area contributed by atoms with Crippen LogP contribution in [0.3, 0.4) is 0 Å². The van der Waals surface area contributed by atoms with E-state index in [-0.39, 0.29) is 11.3 Å². The maximum absolute atomic E-state index is 14.6. The molecule has 0 saturated carbocycles. The predicted octanol–water partition coefficient (Wildman–Crippen LogP) is 3.30. The molecule has 1 aliphatic rings. The number of aliphatic hydroxyl groups excluding tert-OH is 2. The van der Waals surface area contributed by atoms with Gasteiger partial charge in [-0.2, -0.15) is 0 Å². The van der Waals surface area contributed by atoms with Gasteiger partial charge in [-0.1, -0.05) is 26.0 Å². The van der Waals surface area contributed by atoms with Crippen molar-refractivity contribution in [1.82, 2.24) is 0 Å². The summed E-state index contributed by atoms with van der Waals surface area (Å²) in [6.45, 7) is 3.45. The molecule has 1 heterocycles. The molecule has 3 rings (SSSR count). The van der Waals surface area contributed by atoms with Crippen LogP contribution in [0.25, 0.3) is 0 Å². The summed E-state index contributed by atoms with van der Waals surface area (Å²) in [5.41, 5.74) is 0.399. The zero-order chi connectivity index (χ0) is 18.4. The van der Waals surface area contributed by atoms with Crippen molar-refractivity contribution < 1.29 is 23.4 Å². The highest BCUT2D eigenvalue weighted by Crippen LogP contribution is 2.46. The second-order valence-corrected chi connectivity index (χ2v) is 7.01. The zero-order valence-corrected chi connectivity index (χ0v) is 14.0. The Hall–Kier alpha value is -2.05. The first-order valence-corrected chi connectivity index (χ1v) is 8.06.